The van der Waals surface area contributed by atoms with Crippen molar-refractivity contribution in [1.82, 2.24) is 5.43 Å². The summed E-state index contributed by atoms with van der Waals surface area (Å²) < 4.78 is 0. The van der Waals surface area contributed by atoms with Gasteiger partial charge in [-0.05, 0) is 25.3 Å². The Bertz CT molecular complexity index is 253. The van der Waals surface area contributed by atoms with Crippen LogP contribution in [0.15, 0.2) is 24.3 Å². The van der Waals surface area contributed by atoms with Crippen LogP contribution in [-0.2, 0) is 0 Å². The highest BCUT2D eigenvalue weighted by atomic mass is 15.2. The monoisotopic (exact) mass is 178 g/mol. The van der Waals surface area contributed by atoms with E-state index in [0.717, 1.165) is 0 Å². The third-order valence-electron chi connectivity index (χ3n) is 2.62. The second-order valence-electron chi connectivity index (χ2n) is 3.65. The minimum atomic E-state index is 0.308. The molecule has 0 aliphatic carbocycles. The Kier molecular flexibility index (Phi) is 3.46. The maximum Gasteiger partial charge on any atom is 0.0248 e. The molecule has 1 rings (SSSR count). The quantitative estimate of drug-likeness (QED) is 0.548. The van der Waals surface area contributed by atoms with Gasteiger partial charge in [-0.1, -0.05) is 36.8 Å². The van der Waals surface area contributed by atoms with E-state index in [1.54, 1.807) is 0 Å². The molecule has 0 bridgehead atoms. The summed E-state index contributed by atoms with van der Waals surface area (Å²) in [5.74, 6) is 5.84. The Morgan fingerprint density at radius 3 is 2.15 bits per heavy atom. The lowest BCUT2D eigenvalue weighted by atomic mass is 9.94. The third-order valence-corrected chi connectivity index (χ3v) is 2.62. The van der Waals surface area contributed by atoms with Crippen molar-refractivity contribution in [3.05, 3.63) is 35.4 Å². The topological polar surface area (TPSA) is 38.0 Å². The molecule has 0 spiro atoms. The van der Waals surface area contributed by atoms with Crippen LogP contribution in [0.25, 0.3) is 0 Å². The van der Waals surface area contributed by atoms with Crippen LogP contribution < -0.4 is 11.3 Å². The second kappa shape index (κ2) is 4.40. The molecule has 72 valence electrons. The molecule has 0 saturated carbocycles. The predicted molar refractivity (Wildman–Crippen MR) is 56.4 cm³/mol. The Labute approximate surface area is 80.1 Å². The fourth-order valence-corrected chi connectivity index (χ4v) is 1.30. The molecule has 13 heavy (non-hydrogen) atoms. The molecule has 0 unspecified atom stereocenters. The zero-order valence-corrected chi connectivity index (χ0v) is 8.54. The van der Waals surface area contributed by atoms with E-state index in [9.17, 15) is 0 Å². The largest absolute Gasteiger partial charge is 0.271 e. The first kappa shape index (κ1) is 10.2. The lowest BCUT2D eigenvalue weighted by Crippen LogP contribution is -2.36. The van der Waals surface area contributed by atoms with Crippen LogP contribution in [0.4, 0.5) is 0 Å². The van der Waals surface area contributed by atoms with E-state index in [1.165, 1.54) is 11.1 Å². The molecule has 0 fully saturated rings. The summed E-state index contributed by atoms with van der Waals surface area (Å²) in [6.07, 6.45) is 0. The molecule has 0 radical (unpaired) electrons. The summed E-state index contributed by atoms with van der Waals surface area (Å²) >= 11 is 0. The number of aryl methyl sites for hydroxylation is 1. The van der Waals surface area contributed by atoms with Gasteiger partial charge in [0.1, 0.15) is 0 Å². The number of rotatable bonds is 3. The molecule has 2 atom stereocenters. The van der Waals surface area contributed by atoms with Crippen molar-refractivity contribution < 1.29 is 0 Å². The number of hydrogen-bond acceptors (Lipinski definition) is 2. The molecular formula is C11H18N2. The Morgan fingerprint density at radius 2 is 1.69 bits per heavy atom. The van der Waals surface area contributed by atoms with Gasteiger partial charge < -0.3 is 0 Å². The van der Waals surface area contributed by atoms with Gasteiger partial charge >= 0.3 is 0 Å². The first-order chi connectivity index (χ1) is 6.15. The van der Waals surface area contributed by atoms with Crippen LogP contribution in [0.2, 0.25) is 0 Å². The van der Waals surface area contributed by atoms with E-state index >= 15 is 0 Å². The predicted octanol–water partition coefficient (Wildman–Crippen LogP) is 1.95. The molecule has 1 aromatic rings. The van der Waals surface area contributed by atoms with E-state index in [2.05, 4.69) is 50.5 Å². The van der Waals surface area contributed by atoms with Crippen molar-refractivity contribution in [2.45, 2.75) is 32.7 Å². The number of hydrogen-bond donors (Lipinski definition) is 2. The molecular weight excluding hydrogens is 160 g/mol. The summed E-state index contributed by atoms with van der Waals surface area (Å²) in [5.41, 5.74) is 5.40. The molecule has 2 nitrogen and oxygen atoms in total. The van der Waals surface area contributed by atoms with E-state index in [1.807, 2.05) is 0 Å². The fraction of sp³-hybridized carbons (Fsp3) is 0.455. The van der Waals surface area contributed by atoms with Crippen LogP contribution >= 0.6 is 0 Å². The molecule has 0 heterocycles. The molecule has 1 aromatic carbocycles. The SMILES string of the molecule is Cc1ccc([C@@H](C)[C@H](C)NN)cc1. The van der Waals surface area contributed by atoms with Gasteiger partial charge in [0.25, 0.3) is 0 Å². The summed E-state index contributed by atoms with van der Waals surface area (Å²) in [7, 11) is 0. The minimum Gasteiger partial charge on any atom is -0.271 e. The zero-order valence-electron chi connectivity index (χ0n) is 8.54. The Morgan fingerprint density at radius 1 is 1.15 bits per heavy atom. The number of hydrazine groups is 1. The van der Waals surface area contributed by atoms with Crippen molar-refractivity contribution in [2.24, 2.45) is 5.84 Å². The highest BCUT2D eigenvalue weighted by molar-refractivity contribution is 5.24. The molecule has 0 saturated heterocycles. The lowest BCUT2D eigenvalue weighted by Gasteiger charge is -2.19. The van der Waals surface area contributed by atoms with Gasteiger partial charge in [0.2, 0.25) is 0 Å². The normalized spacial score (nSPS) is 15.4. The van der Waals surface area contributed by atoms with Crippen LogP contribution in [0, 0.1) is 6.92 Å². The van der Waals surface area contributed by atoms with Crippen molar-refractivity contribution >= 4 is 0 Å². The van der Waals surface area contributed by atoms with Crippen LogP contribution in [0.3, 0.4) is 0 Å². The summed E-state index contributed by atoms with van der Waals surface area (Å²) in [4.78, 5) is 0. The molecule has 0 aliphatic rings. The van der Waals surface area contributed by atoms with Gasteiger partial charge in [-0.2, -0.15) is 0 Å². The summed E-state index contributed by atoms with van der Waals surface area (Å²) in [5, 5.41) is 0. The van der Waals surface area contributed by atoms with Crippen molar-refractivity contribution in [3.63, 3.8) is 0 Å². The summed E-state index contributed by atoms with van der Waals surface area (Å²) in [6.45, 7) is 6.36. The molecule has 0 amide bonds. The van der Waals surface area contributed by atoms with Gasteiger partial charge in [0.05, 0.1) is 0 Å². The smallest absolute Gasteiger partial charge is 0.0248 e. The first-order valence-electron chi connectivity index (χ1n) is 4.68. The number of nitrogens with one attached hydrogen (secondary N) is 1. The van der Waals surface area contributed by atoms with Gasteiger partial charge in [0.15, 0.2) is 0 Å². The van der Waals surface area contributed by atoms with Crippen LogP contribution in [0.1, 0.15) is 30.9 Å². The van der Waals surface area contributed by atoms with Gasteiger partial charge in [-0.25, -0.2) is 0 Å². The van der Waals surface area contributed by atoms with Crippen molar-refractivity contribution in [3.8, 4) is 0 Å². The van der Waals surface area contributed by atoms with Crippen LogP contribution in [0.5, 0.6) is 0 Å². The van der Waals surface area contributed by atoms with E-state index in [4.69, 9.17) is 5.84 Å². The first-order valence-corrected chi connectivity index (χ1v) is 4.68. The fourth-order valence-electron chi connectivity index (χ4n) is 1.30. The molecule has 0 aliphatic heterocycles. The highest BCUT2D eigenvalue weighted by Crippen LogP contribution is 2.18. The number of benzene rings is 1. The van der Waals surface area contributed by atoms with E-state index in [-0.39, 0.29) is 0 Å². The minimum absolute atomic E-state index is 0.308. The van der Waals surface area contributed by atoms with Crippen LogP contribution in [-0.4, -0.2) is 6.04 Å². The number of nitrogens with two attached hydrogens (primary N) is 1. The molecule has 3 N–H and O–H groups in total. The average Bonchev–Trinajstić information content (AvgIpc) is 2.17. The van der Waals surface area contributed by atoms with Crippen molar-refractivity contribution in [2.75, 3.05) is 0 Å². The second-order valence-corrected chi connectivity index (χ2v) is 3.65. The highest BCUT2D eigenvalue weighted by Gasteiger charge is 2.11. The standard InChI is InChI=1S/C11H18N2/c1-8-4-6-11(7-5-8)9(2)10(3)13-12/h4-7,9-10,13H,12H2,1-3H3/t9-,10-/m0/s1. The summed E-state index contributed by atoms with van der Waals surface area (Å²) in [6, 6.07) is 8.90. The van der Waals surface area contributed by atoms with E-state index in [0.29, 0.717) is 12.0 Å². The average molecular weight is 178 g/mol. The van der Waals surface area contributed by atoms with E-state index < -0.39 is 0 Å². The Hall–Kier alpha value is -0.860. The molecule has 2 heteroatoms. The van der Waals surface area contributed by atoms with Gasteiger partial charge in [-0.3, -0.25) is 11.3 Å². The Balaban J connectivity index is 2.77. The maximum absolute atomic E-state index is 5.39. The maximum atomic E-state index is 5.39. The van der Waals surface area contributed by atoms with Gasteiger partial charge in [0, 0.05) is 6.04 Å². The van der Waals surface area contributed by atoms with Crippen molar-refractivity contribution in [1.29, 1.82) is 0 Å². The lowest BCUT2D eigenvalue weighted by molar-refractivity contribution is 0.495. The zero-order chi connectivity index (χ0) is 9.84. The molecule has 0 aromatic heterocycles. The third kappa shape index (κ3) is 2.54. The van der Waals surface area contributed by atoms with Gasteiger partial charge in [-0.15, -0.1) is 0 Å².